The molecule has 3 N–H and O–H groups in total. The number of aromatic nitrogens is 2. The van der Waals surface area contributed by atoms with Crippen molar-refractivity contribution in [1.82, 2.24) is 14.7 Å². The molecule has 0 atom stereocenters. The number of carbonyl (C=O) groups is 1. The van der Waals surface area contributed by atoms with Crippen LogP contribution in [0.5, 0.6) is 0 Å². The maximum atomic E-state index is 12.1. The first-order valence-electron chi connectivity index (χ1n) is 5.41. The predicted octanol–water partition coefficient (Wildman–Crippen LogP) is 1.35. The average molecular weight is 360 g/mol. The summed E-state index contributed by atoms with van der Waals surface area (Å²) in [4.78, 5) is 17.4. The lowest BCUT2D eigenvalue weighted by molar-refractivity contribution is 0.0696. The fourth-order valence-electron chi connectivity index (χ4n) is 1.48. The van der Waals surface area contributed by atoms with Crippen LogP contribution in [0.2, 0.25) is 0 Å². The van der Waals surface area contributed by atoms with Gasteiger partial charge in [-0.15, -0.1) is 0 Å². The van der Waals surface area contributed by atoms with Crippen molar-refractivity contribution in [3.05, 3.63) is 46.5 Å². The van der Waals surface area contributed by atoms with E-state index in [0.29, 0.717) is 5.82 Å². The quantitative estimate of drug-likeness (QED) is 0.745. The van der Waals surface area contributed by atoms with E-state index in [1.807, 2.05) is 0 Å². The molecule has 1 aromatic heterocycles. The first-order chi connectivity index (χ1) is 9.40. The fourth-order valence-corrected chi connectivity index (χ4v) is 3.45. The first-order valence-corrected chi connectivity index (χ1v) is 7.68. The normalized spacial score (nSPS) is 11.4. The Hall–Kier alpha value is -1.71. The lowest BCUT2D eigenvalue weighted by atomic mass is 10.2. The van der Waals surface area contributed by atoms with Crippen LogP contribution in [-0.4, -0.2) is 29.5 Å². The van der Waals surface area contributed by atoms with Gasteiger partial charge in [0.2, 0.25) is 10.0 Å². The monoisotopic (exact) mass is 359 g/mol. The Balaban J connectivity index is 2.28. The largest absolute Gasteiger partial charge is 0.478 e. The lowest BCUT2D eigenvalue weighted by Crippen LogP contribution is -2.24. The van der Waals surface area contributed by atoms with Crippen molar-refractivity contribution < 1.29 is 18.3 Å². The standard InChI is InChI=1S/C11H10BrN3O4S/c12-8-2-1-7(11(16)17)5-9(8)20(18,19)15-6-10-13-3-4-14-10/h1-5,15H,6H2,(H,13,14)(H,16,17). The number of hydrogen-bond acceptors (Lipinski definition) is 4. The highest BCUT2D eigenvalue weighted by molar-refractivity contribution is 9.10. The molecule has 9 heteroatoms. The highest BCUT2D eigenvalue weighted by atomic mass is 79.9. The van der Waals surface area contributed by atoms with Gasteiger partial charge in [-0.3, -0.25) is 0 Å². The average Bonchev–Trinajstić information content (AvgIpc) is 2.89. The minimum Gasteiger partial charge on any atom is -0.478 e. The number of nitrogens with one attached hydrogen (secondary N) is 2. The van der Waals surface area contributed by atoms with E-state index >= 15 is 0 Å². The Morgan fingerprint density at radius 2 is 2.20 bits per heavy atom. The van der Waals surface area contributed by atoms with Gasteiger partial charge in [0.25, 0.3) is 0 Å². The van der Waals surface area contributed by atoms with Crippen LogP contribution < -0.4 is 4.72 Å². The number of aromatic carboxylic acids is 1. The van der Waals surface area contributed by atoms with E-state index in [9.17, 15) is 13.2 Å². The number of H-pyrrole nitrogens is 1. The van der Waals surface area contributed by atoms with Crippen LogP contribution in [0.25, 0.3) is 0 Å². The van der Waals surface area contributed by atoms with Gasteiger partial charge >= 0.3 is 5.97 Å². The van der Waals surface area contributed by atoms with Gasteiger partial charge in [0.15, 0.2) is 0 Å². The van der Waals surface area contributed by atoms with Crippen molar-refractivity contribution in [2.24, 2.45) is 0 Å². The number of sulfonamides is 1. The van der Waals surface area contributed by atoms with E-state index < -0.39 is 16.0 Å². The van der Waals surface area contributed by atoms with Crippen LogP contribution in [-0.2, 0) is 16.6 Å². The number of rotatable bonds is 5. The van der Waals surface area contributed by atoms with E-state index in [0.717, 1.165) is 6.07 Å². The zero-order valence-electron chi connectivity index (χ0n) is 10.00. The number of imidazole rings is 1. The van der Waals surface area contributed by atoms with E-state index in [1.54, 1.807) is 6.20 Å². The molecule has 0 saturated heterocycles. The van der Waals surface area contributed by atoms with Gasteiger partial charge in [0.05, 0.1) is 17.0 Å². The third-order valence-corrected chi connectivity index (χ3v) is 4.85. The highest BCUT2D eigenvalue weighted by Crippen LogP contribution is 2.23. The summed E-state index contributed by atoms with van der Waals surface area (Å²) in [5, 5.41) is 8.90. The zero-order chi connectivity index (χ0) is 14.8. The van der Waals surface area contributed by atoms with Crippen molar-refractivity contribution in [1.29, 1.82) is 0 Å². The number of benzene rings is 1. The molecular formula is C11H10BrN3O4S. The second kappa shape index (κ2) is 5.73. The van der Waals surface area contributed by atoms with Crippen molar-refractivity contribution >= 4 is 31.9 Å². The summed E-state index contributed by atoms with van der Waals surface area (Å²) in [5.41, 5.74) is -0.105. The summed E-state index contributed by atoms with van der Waals surface area (Å²) in [6.07, 6.45) is 3.08. The van der Waals surface area contributed by atoms with Crippen molar-refractivity contribution in [3.8, 4) is 0 Å². The molecule has 1 heterocycles. The first kappa shape index (κ1) is 14.7. The van der Waals surface area contributed by atoms with Crippen LogP contribution in [0.3, 0.4) is 0 Å². The summed E-state index contributed by atoms with van der Waals surface area (Å²) in [5.74, 6) is -0.737. The van der Waals surface area contributed by atoms with Crippen molar-refractivity contribution in [2.75, 3.05) is 0 Å². The topological polar surface area (TPSA) is 112 Å². The Labute approximate surface area is 123 Å². The molecule has 0 spiro atoms. The number of carboxylic acid groups (broad SMARTS) is 1. The second-order valence-corrected chi connectivity index (χ2v) is 6.40. The molecule has 0 amide bonds. The van der Waals surface area contributed by atoms with Crippen molar-refractivity contribution in [3.63, 3.8) is 0 Å². The van der Waals surface area contributed by atoms with Crippen LogP contribution in [0.1, 0.15) is 16.2 Å². The molecule has 2 rings (SSSR count). The van der Waals surface area contributed by atoms with Gasteiger partial charge in [0, 0.05) is 16.9 Å². The second-order valence-electron chi connectivity index (χ2n) is 3.81. The smallest absolute Gasteiger partial charge is 0.335 e. The zero-order valence-corrected chi connectivity index (χ0v) is 12.4. The maximum absolute atomic E-state index is 12.1. The van der Waals surface area contributed by atoms with Crippen LogP contribution in [0.15, 0.2) is 40.0 Å². The van der Waals surface area contributed by atoms with Crippen LogP contribution in [0.4, 0.5) is 0 Å². The van der Waals surface area contributed by atoms with Gasteiger partial charge in [-0.2, -0.15) is 0 Å². The third kappa shape index (κ3) is 3.24. The lowest BCUT2D eigenvalue weighted by Gasteiger charge is -2.08. The number of hydrogen-bond donors (Lipinski definition) is 3. The molecule has 0 saturated carbocycles. The van der Waals surface area contributed by atoms with Crippen LogP contribution >= 0.6 is 15.9 Å². The fraction of sp³-hybridized carbons (Fsp3) is 0.0909. The molecule has 0 unspecified atom stereocenters. The number of halogens is 1. The number of carboxylic acids is 1. The van der Waals surface area contributed by atoms with E-state index in [-0.39, 0.29) is 21.5 Å². The maximum Gasteiger partial charge on any atom is 0.335 e. The molecule has 1 aromatic carbocycles. The van der Waals surface area contributed by atoms with Crippen LogP contribution in [0, 0.1) is 0 Å². The Morgan fingerprint density at radius 3 is 2.80 bits per heavy atom. The molecule has 2 aromatic rings. The minimum atomic E-state index is -3.84. The highest BCUT2D eigenvalue weighted by Gasteiger charge is 2.19. The summed E-state index contributed by atoms with van der Waals surface area (Å²) in [6.45, 7) is -0.0148. The van der Waals surface area contributed by atoms with Gasteiger partial charge < -0.3 is 10.1 Å². The van der Waals surface area contributed by atoms with Gasteiger partial charge in [-0.1, -0.05) is 0 Å². The minimum absolute atomic E-state index is 0.0148. The molecule has 0 radical (unpaired) electrons. The Kier molecular flexibility index (Phi) is 4.21. The van der Waals surface area contributed by atoms with E-state index in [2.05, 4.69) is 30.6 Å². The molecule has 106 valence electrons. The molecule has 0 fully saturated rings. The summed E-state index contributed by atoms with van der Waals surface area (Å²) < 4.78 is 26.9. The van der Waals surface area contributed by atoms with Gasteiger partial charge in [-0.25, -0.2) is 22.9 Å². The third-order valence-electron chi connectivity index (χ3n) is 2.45. The predicted molar refractivity (Wildman–Crippen MR) is 73.7 cm³/mol. The van der Waals surface area contributed by atoms with Crippen molar-refractivity contribution in [2.45, 2.75) is 11.4 Å². The van der Waals surface area contributed by atoms with Gasteiger partial charge in [-0.05, 0) is 34.1 Å². The molecule has 0 aliphatic carbocycles. The molecule has 20 heavy (non-hydrogen) atoms. The summed E-state index contributed by atoms with van der Waals surface area (Å²) >= 11 is 3.10. The van der Waals surface area contributed by atoms with Gasteiger partial charge in [0.1, 0.15) is 5.82 Å². The summed E-state index contributed by atoms with van der Waals surface area (Å²) in [6, 6.07) is 3.79. The molecular weight excluding hydrogens is 350 g/mol. The molecule has 0 aliphatic rings. The van der Waals surface area contributed by atoms with E-state index in [4.69, 9.17) is 5.11 Å². The SMILES string of the molecule is O=C(O)c1ccc(Br)c(S(=O)(=O)NCc2ncc[nH]2)c1. The molecule has 0 bridgehead atoms. The number of aromatic amines is 1. The summed E-state index contributed by atoms with van der Waals surface area (Å²) in [7, 11) is -3.84. The Morgan fingerprint density at radius 1 is 1.45 bits per heavy atom. The Bertz CT molecular complexity index is 728. The molecule has 7 nitrogen and oxygen atoms in total. The molecule has 0 aliphatic heterocycles. The number of nitrogens with zero attached hydrogens (tertiary/aromatic N) is 1. The van der Waals surface area contributed by atoms with E-state index in [1.165, 1.54) is 18.3 Å².